The predicted molar refractivity (Wildman–Crippen MR) is 67.1 cm³/mol. The van der Waals surface area contributed by atoms with Crippen LogP contribution in [0.1, 0.15) is 50.8 Å². The SMILES string of the molecule is CCC(CC)N[C@@H](C)c1ccccc1C. The highest BCUT2D eigenvalue weighted by Gasteiger charge is 2.11. The van der Waals surface area contributed by atoms with Crippen LogP contribution < -0.4 is 5.32 Å². The minimum atomic E-state index is 0.455. The number of nitrogens with one attached hydrogen (secondary N) is 1. The molecule has 0 aliphatic rings. The van der Waals surface area contributed by atoms with Crippen LogP contribution in [0.25, 0.3) is 0 Å². The highest BCUT2D eigenvalue weighted by Crippen LogP contribution is 2.18. The summed E-state index contributed by atoms with van der Waals surface area (Å²) >= 11 is 0. The summed E-state index contributed by atoms with van der Waals surface area (Å²) in [6.45, 7) is 8.92. The van der Waals surface area contributed by atoms with Crippen molar-refractivity contribution in [3.05, 3.63) is 35.4 Å². The summed E-state index contributed by atoms with van der Waals surface area (Å²) in [5, 5.41) is 3.67. The Morgan fingerprint density at radius 1 is 1.13 bits per heavy atom. The van der Waals surface area contributed by atoms with E-state index in [1.807, 2.05) is 0 Å². The summed E-state index contributed by atoms with van der Waals surface area (Å²) in [4.78, 5) is 0. The summed E-state index contributed by atoms with van der Waals surface area (Å²) in [5.41, 5.74) is 2.80. The maximum atomic E-state index is 3.67. The van der Waals surface area contributed by atoms with Gasteiger partial charge in [0.15, 0.2) is 0 Å². The Balaban J connectivity index is 2.68. The molecule has 0 heterocycles. The van der Waals surface area contributed by atoms with Gasteiger partial charge in [0.05, 0.1) is 0 Å². The first kappa shape index (κ1) is 12.3. The second-order valence-electron chi connectivity index (χ2n) is 4.26. The largest absolute Gasteiger partial charge is 0.307 e. The van der Waals surface area contributed by atoms with Crippen molar-refractivity contribution in [3.8, 4) is 0 Å². The van der Waals surface area contributed by atoms with Gasteiger partial charge in [0.25, 0.3) is 0 Å². The van der Waals surface area contributed by atoms with E-state index in [4.69, 9.17) is 0 Å². The van der Waals surface area contributed by atoms with Gasteiger partial charge in [-0.3, -0.25) is 0 Å². The van der Waals surface area contributed by atoms with E-state index in [9.17, 15) is 0 Å². The first-order valence-electron chi connectivity index (χ1n) is 6.00. The van der Waals surface area contributed by atoms with Gasteiger partial charge in [0.2, 0.25) is 0 Å². The molecule has 1 atom stereocenters. The van der Waals surface area contributed by atoms with E-state index in [2.05, 4.69) is 57.3 Å². The van der Waals surface area contributed by atoms with Crippen LogP contribution in [-0.4, -0.2) is 6.04 Å². The molecule has 0 aliphatic carbocycles. The van der Waals surface area contributed by atoms with E-state index in [0.29, 0.717) is 12.1 Å². The first-order chi connectivity index (χ1) is 7.19. The van der Waals surface area contributed by atoms with E-state index >= 15 is 0 Å². The van der Waals surface area contributed by atoms with Gasteiger partial charge in [-0.15, -0.1) is 0 Å². The summed E-state index contributed by atoms with van der Waals surface area (Å²) in [6, 6.07) is 9.71. The highest BCUT2D eigenvalue weighted by atomic mass is 14.9. The van der Waals surface area contributed by atoms with Crippen molar-refractivity contribution in [2.24, 2.45) is 0 Å². The molecular weight excluding hydrogens is 182 g/mol. The summed E-state index contributed by atoms with van der Waals surface area (Å²) < 4.78 is 0. The zero-order valence-corrected chi connectivity index (χ0v) is 10.4. The van der Waals surface area contributed by atoms with Crippen molar-refractivity contribution in [2.45, 2.75) is 52.6 Å². The molecule has 0 saturated heterocycles. The lowest BCUT2D eigenvalue weighted by Crippen LogP contribution is -2.30. The molecule has 1 aromatic rings. The Kier molecular flexibility index (Phi) is 4.83. The van der Waals surface area contributed by atoms with Crippen molar-refractivity contribution < 1.29 is 0 Å². The highest BCUT2D eigenvalue weighted by molar-refractivity contribution is 5.28. The molecule has 0 bridgehead atoms. The molecule has 1 nitrogen and oxygen atoms in total. The van der Waals surface area contributed by atoms with Gasteiger partial charge in [-0.1, -0.05) is 38.1 Å². The van der Waals surface area contributed by atoms with Crippen molar-refractivity contribution in [3.63, 3.8) is 0 Å². The molecule has 0 amide bonds. The van der Waals surface area contributed by atoms with Crippen molar-refractivity contribution in [2.75, 3.05) is 0 Å². The zero-order valence-electron chi connectivity index (χ0n) is 10.4. The molecule has 1 rings (SSSR count). The molecule has 1 heteroatoms. The average molecular weight is 205 g/mol. The number of hydrogen-bond acceptors (Lipinski definition) is 1. The molecule has 0 aliphatic heterocycles. The molecular formula is C14H23N. The third kappa shape index (κ3) is 3.35. The van der Waals surface area contributed by atoms with E-state index in [1.165, 1.54) is 24.0 Å². The van der Waals surface area contributed by atoms with Gasteiger partial charge in [-0.25, -0.2) is 0 Å². The van der Waals surface area contributed by atoms with Crippen LogP contribution in [0, 0.1) is 6.92 Å². The Hall–Kier alpha value is -0.820. The predicted octanol–water partition coefficient (Wildman–Crippen LogP) is 3.83. The Labute approximate surface area is 93.9 Å². The van der Waals surface area contributed by atoms with Gasteiger partial charge in [0.1, 0.15) is 0 Å². The first-order valence-corrected chi connectivity index (χ1v) is 6.00. The van der Waals surface area contributed by atoms with Crippen LogP contribution in [-0.2, 0) is 0 Å². The maximum absolute atomic E-state index is 3.67. The van der Waals surface area contributed by atoms with Gasteiger partial charge >= 0.3 is 0 Å². The third-order valence-corrected chi connectivity index (χ3v) is 3.13. The number of hydrogen-bond donors (Lipinski definition) is 1. The normalized spacial score (nSPS) is 13.1. The molecule has 0 saturated carbocycles. The lowest BCUT2D eigenvalue weighted by molar-refractivity contribution is 0.431. The number of aryl methyl sites for hydroxylation is 1. The molecule has 1 N–H and O–H groups in total. The number of rotatable bonds is 5. The van der Waals surface area contributed by atoms with Crippen molar-refractivity contribution >= 4 is 0 Å². The van der Waals surface area contributed by atoms with Crippen LogP contribution in [0.5, 0.6) is 0 Å². The molecule has 0 aromatic heterocycles. The number of benzene rings is 1. The second-order valence-corrected chi connectivity index (χ2v) is 4.26. The Morgan fingerprint density at radius 2 is 1.73 bits per heavy atom. The summed E-state index contributed by atoms with van der Waals surface area (Å²) in [7, 11) is 0. The second kappa shape index (κ2) is 5.92. The van der Waals surface area contributed by atoms with Crippen LogP contribution in [0.2, 0.25) is 0 Å². The fraction of sp³-hybridized carbons (Fsp3) is 0.571. The van der Waals surface area contributed by atoms with Crippen molar-refractivity contribution in [1.82, 2.24) is 5.32 Å². The van der Waals surface area contributed by atoms with E-state index in [-0.39, 0.29) is 0 Å². The standard InChI is InChI=1S/C14H23N/c1-5-13(6-2)15-12(4)14-10-8-7-9-11(14)3/h7-10,12-13,15H,5-6H2,1-4H3/t12-/m0/s1. The van der Waals surface area contributed by atoms with Gasteiger partial charge < -0.3 is 5.32 Å². The summed E-state index contributed by atoms with van der Waals surface area (Å²) in [6.07, 6.45) is 2.40. The fourth-order valence-corrected chi connectivity index (χ4v) is 2.04. The van der Waals surface area contributed by atoms with Crippen LogP contribution in [0.3, 0.4) is 0 Å². The van der Waals surface area contributed by atoms with Gasteiger partial charge in [-0.2, -0.15) is 0 Å². The molecule has 0 radical (unpaired) electrons. The van der Waals surface area contributed by atoms with Gasteiger partial charge in [-0.05, 0) is 37.8 Å². The maximum Gasteiger partial charge on any atom is 0.0296 e. The Morgan fingerprint density at radius 3 is 2.27 bits per heavy atom. The van der Waals surface area contributed by atoms with Crippen LogP contribution in [0.15, 0.2) is 24.3 Å². The quantitative estimate of drug-likeness (QED) is 0.770. The smallest absolute Gasteiger partial charge is 0.0296 e. The fourth-order valence-electron chi connectivity index (χ4n) is 2.04. The van der Waals surface area contributed by atoms with E-state index < -0.39 is 0 Å². The topological polar surface area (TPSA) is 12.0 Å². The molecule has 0 spiro atoms. The molecule has 84 valence electrons. The van der Waals surface area contributed by atoms with Crippen molar-refractivity contribution in [1.29, 1.82) is 0 Å². The Bertz CT molecular complexity index is 289. The average Bonchev–Trinajstić information content (AvgIpc) is 2.26. The van der Waals surface area contributed by atoms with E-state index in [0.717, 1.165) is 0 Å². The molecule has 0 fully saturated rings. The molecule has 15 heavy (non-hydrogen) atoms. The third-order valence-electron chi connectivity index (χ3n) is 3.13. The molecule has 0 unspecified atom stereocenters. The zero-order chi connectivity index (χ0) is 11.3. The van der Waals surface area contributed by atoms with Gasteiger partial charge in [0, 0.05) is 12.1 Å². The lowest BCUT2D eigenvalue weighted by atomic mass is 10.0. The lowest BCUT2D eigenvalue weighted by Gasteiger charge is -2.22. The minimum Gasteiger partial charge on any atom is -0.307 e. The van der Waals surface area contributed by atoms with Crippen LogP contribution in [0.4, 0.5) is 0 Å². The van der Waals surface area contributed by atoms with Crippen LogP contribution >= 0.6 is 0 Å². The molecule has 1 aromatic carbocycles. The van der Waals surface area contributed by atoms with E-state index in [1.54, 1.807) is 0 Å². The monoisotopic (exact) mass is 205 g/mol. The minimum absolute atomic E-state index is 0.455. The summed E-state index contributed by atoms with van der Waals surface area (Å²) in [5.74, 6) is 0.